The van der Waals surface area contributed by atoms with Gasteiger partial charge in [-0.3, -0.25) is 4.98 Å². The van der Waals surface area contributed by atoms with Gasteiger partial charge in [-0.05, 0) is 24.5 Å². The molecule has 0 saturated heterocycles. The molecule has 1 radical (unpaired) electrons. The Hall–Kier alpha value is -0.850. The quantitative estimate of drug-likeness (QED) is 0.604. The van der Waals surface area contributed by atoms with E-state index in [1.165, 1.54) is 11.3 Å². The lowest BCUT2D eigenvalue weighted by molar-refractivity contribution is 1.01. The molecule has 0 aromatic carbocycles. The number of pyridine rings is 1. The molecule has 1 rings (SSSR count). The second kappa shape index (κ2) is 3.35. The fourth-order valence-corrected chi connectivity index (χ4v) is 1.01. The molecule has 0 unspecified atom stereocenters. The highest BCUT2D eigenvalue weighted by Crippen LogP contribution is 2.07. The topological polar surface area (TPSA) is 12.9 Å². The highest BCUT2D eigenvalue weighted by atomic mass is 14.7. The molecule has 1 nitrogen and oxygen atoms in total. The van der Waals surface area contributed by atoms with Gasteiger partial charge in [-0.15, -0.1) is 0 Å². The van der Waals surface area contributed by atoms with E-state index in [9.17, 15) is 0 Å². The van der Waals surface area contributed by atoms with Crippen LogP contribution < -0.4 is 0 Å². The molecule has 1 heterocycles. The minimum Gasteiger partial charge on any atom is -0.261 e. The van der Waals surface area contributed by atoms with Crippen molar-refractivity contribution in [2.24, 2.45) is 0 Å². The lowest BCUT2D eigenvalue weighted by Crippen LogP contribution is -1.91. The van der Waals surface area contributed by atoms with Gasteiger partial charge in [0.05, 0.1) is 0 Å². The van der Waals surface area contributed by atoms with Crippen LogP contribution in [-0.4, -0.2) is 4.98 Å². The molecular formula is C9H12N. The molecule has 0 amide bonds. The van der Waals surface area contributed by atoms with Crippen molar-refractivity contribution in [3.63, 3.8) is 0 Å². The van der Waals surface area contributed by atoms with Gasteiger partial charge in [-0.25, -0.2) is 0 Å². The van der Waals surface area contributed by atoms with Crippen LogP contribution in [0.25, 0.3) is 0 Å². The molecular weight excluding hydrogens is 122 g/mol. The van der Waals surface area contributed by atoms with Gasteiger partial charge in [0.2, 0.25) is 0 Å². The fraction of sp³-hybridized carbons (Fsp3) is 0.333. The third-order valence-corrected chi connectivity index (χ3v) is 1.57. The Bertz CT molecular complexity index is 183. The summed E-state index contributed by atoms with van der Waals surface area (Å²) in [5, 5.41) is 0. The van der Waals surface area contributed by atoms with Crippen LogP contribution in [0.3, 0.4) is 0 Å². The lowest BCUT2D eigenvalue weighted by atomic mass is 10.1. The summed E-state index contributed by atoms with van der Waals surface area (Å²) in [4.78, 5) is 4.24. The summed E-state index contributed by atoms with van der Waals surface area (Å²) >= 11 is 0. The lowest BCUT2D eigenvalue weighted by Gasteiger charge is -2.00. The van der Waals surface area contributed by atoms with Gasteiger partial charge in [0.15, 0.2) is 0 Å². The predicted molar refractivity (Wildman–Crippen MR) is 42.7 cm³/mol. The SMILES string of the molecule is C[CH]c1cccnc1CC. The monoisotopic (exact) mass is 134 g/mol. The van der Waals surface area contributed by atoms with Crippen molar-refractivity contribution < 1.29 is 0 Å². The molecule has 1 heteroatoms. The summed E-state index contributed by atoms with van der Waals surface area (Å²) in [6.45, 7) is 4.16. The van der Waals surface area contributed by atoms with Gasteiger partial charge >= 0.3 is 0 Å². The van der Waals surface area contributed by atoms with Crippen LogP contribution in [0, 0.1) is 6.42 Å². The van der Waals surface area contributed by atoms with Crippen LogP contribution in [-0.2, 0) is 6.42 Å². The molecule has 1 aromatic rings. The summed E-state index contributed by atoms with van der Waals surface area (Å²) < 4.78 is 0. The molecule has 0 aliphatic carbocycles. The highest BCUT2D eigenvalue weighted by Gasteiger charge is 1.95. The van der Waals surface area contributed by atoms with E-state index in [2.05, 4.69) is 24.4 Å². The molecule has 0 N–H and O–H groups in total. The Balaban J connectivity index is 2.96. The van der Waals surface area contributed by atoms with E-state index >= 15 is 0 Å². The average molecular weight is 134 g/mol. The number of hydrogen-bond acceptors (Lipinski definition) is 1. The molecule has 0 bridgehead atoms. The van der Waals surface area contributed by atoms with E-state index in [0.29, 0.717) is 0 Å². The Kier molecular flexibility index (Phi) is 2.43. The molecule has 0 fully saturated rings. The van der Waals surface area contributed by atoms with Crippen molar-refractivity contribution in [2.45, 2.75) is 20.3 Å². The molecule has 0 aliphatic rings. The van der Waals surface area contributed by atoms with Gasteiger partial charge in [-0.1, -0.05) is 19.9 Å². The van der Waals surface area contributed by atoms with E-state index in [4.69, 9.17) is 0 Å². The molecule has 0 atom stereocenters. The summed E-state index contributed by atoms with van der Waals surface area (Å²) in [6, 6.07) is 4.06. The zero-order chi connectivity index (χ0) is 7.40. The van der Waals surface area contributed by atoms with Crippen molar-refractivity contribution in [3.8, 4) is 0 Å². The minimum absolute atomic E-state index is 1.01. The van der Waals surface area contributed by atoms with Gasteiger partial charge in [-0.2, -0.15) is 0 Å². The first-order chi connectivity index (χ1) is 4.88. The molecule has 0 aliphatic heterocycles. The Morgan fingerprint density at radius 2 is 2.40 bits per heavy atom. The zero-order valence-corrected chi connectivity index (χ0v) is 6.46. The first-order valence-corrected chi connectivity index (χ1v) is 3.61. The van der Waals surface area contributed by atoms with Crippen molar-refractivity contribution in [3.05, 3.63) is 36.0 Å². The van der Waals surface area contributed by atoms with E-state index in [-0.39, 0.29) is 0 Å². The smallest absolute Gasteiger partial charge is 0.0435 e. The van der Waals surface area contributed by atoms with Crippen molar-refractivity contribution in [1.82, 2.24) is 4.98 Å². The molecule has 0 saturated carbocycles. The number of aromatic nitrogens is 1. The van der Waals surface area contributed by atoms with Crippen LogP contribution in [0.1, 0.15) is 25.1 Å². The summed E-state index contributed by atoms with van der Waals surface area (Å²) in [5.74, 6) is 0. The maximum Gasteiger partial charge on any atom is 0.0435 e. The minimum atomic E-state index is 1.01. The van der Waals surface area contributed by atoms with E-state index in [0.717, 1.165) is 6.42 Å². The number of nitrogens with zero attached hydrogens (tertiary/aromatic N) is 1. The first kappa shape index (κ1) is 7.26. The third kappa shape index (κ3) is 1.35. The standard InChI is InChI=1S/C9H12N/c1-3-8-6-5-7-10-9(8)4-2/h3,5-7H,4H2,1-2H3. The maximum atomic E-state index is 4.24. The Labute approximate surface area is 62.1 Å². The van der Waals surface area contributed by atoms with E-state index in [1.54, 1.807) is 0 Å². The number of hydrogen-bond donors (Lipinski definition) is 0. The summed E-state index contributed by atoms with van der Waals surface area (Å²) in [5.41, 5.74) is 2.44. The van der Waals surface area contributed by atoms with Crippen LogP contribution >= 0.6 is 0 Å². The van der Waals surface area contributed by atoms with Gasteiger partial charge < -0.3 is 0 Å². The Morgan fingerprint density at radius 1 is 1.60 bits per heavy atom. The molecule has 53 valence electrons. The number of rotatable bonds is 2. The maximum absolute atomic E-state index is 4.24. The largest absolute Gasteiger partial charge is 0.261 e. The van der Waals surface area contributed by atoms with Crippen molar-refractivity contribution in [2.75, 3.05) is 0 Å². The van der Waals surface area contributed by atoms with Crippen LogP contribution in [0.15, 0.2) is 18.3 Å². The zero-order valence-electron chi connectivity index (χ0n) is 6.46. The second-order valence-corrected chi connectivity index (χ2v) is 2.18. The fourth-order valence-electron chi connectivity index (χ4n) is 1.01. The molecule has 10 heavy (non-hydrogen) atoms. The summed E-state index contributed by atoms with van der Waals surface area (Å²) in [7, 11) is 0. The van der Waals surface area contributed by atoms with Crippen LogP contribution in [0.5, 0.6) is 0 Å². The highest BCUT2D eigenvalue weighted by molar-refractivity contribution is 5.25. The van der Waals surface area contributed by atoms with E-state index < -0.39 is 0 Å². The van der Waals surface area contributed by atoms with E-state index in [1.807, 2.05) is 19.2 Å². The van der Waals surface area contributed by atoms with Crippen LogP contribution in [0.2, 0.25) is 0 Å². The predicted octanol–water partition coefficient (Wildman–Crippen LogP) is 2.22. The van der Waals surface area contributed by atoms with Gasteiger partial charge in [0, 0.05) is 11.9 Å². The van der Waals surface area contributed by atoms with Crippen molar-refractivity contribution in [1.29, 1.82) is 0 Å². The Morgan fingerprint density at radius 3 is 2.90 bits per heavy atom. The normalized spacial score (nSPS) is 9.80. The number of aryl methyl sites for hydroxylation is 1. The van der Waals surface area contributed by atoms with Crippen molar-refractivity contribution >= 4 is 0 Å². The molecule has 0 spiro atoms. The van der Waals surface area contributed by atoms with Crippen LogP contribution in [0.4, 0.5) is 0 Å². The third-order valence-electron chi connectivity index (χ3n) is 1.57. The second-order valence-electron chi connectivity index (χ2n) is 2.18. The average Bonchev–Trinajstić information content (AvgIpc) is 2.04. The van der Waals surface area contributed by atoms with Gasteiger partial charge in [0.1, 0.15) is 0 Å². The van der Waals surface area contributed by atoms with Gasteiger partial charge in [0.25, 0.3) is 0 Å². The first-order valence-electron chi connectivity index (χ1n) is 3.61. The molecule has 1 aromatic heterocycles. The summed E-state index contributed by atoms with van der Waals surface area (Å²) in [6.07, 6.45) is 4.94.